The van der Waals surface area contributed by atoms with Crippen molar-refractivity contribution in [1.82, 2.24) is 0 Å². The summed E-state index contributed by atoms with van der Waals surface area (Å²) in [5.41, 5.74) is 0.594. The van der Waals surface area contributed by atoms with Crippen LogP contribution < -0.4 is 5.32 Å². The fraction of sp³-hybridized carbons (Fsp3) is 0. The van der Waals surface area contributed by atoms with Gasteiger partial charge in [-0.05, 0) is 35.9 Å². The predicted molar refractivity (Wildman–Crippen MR) is 86.8 cm³/mol. The maximum atomic E-state index is 12.1. The van der Waals surface area contributed by atoms with Gasteiger partial charge in [-0.1, -0.05) is 23.7 Å². The van der Waals surface area contributed by atoms with Crippen molar-refractivity contribution in [2.24, 2.45) is 0 Å². The molecule has 0 bridgehead atoms. The number of nitro groups is 1. The first-order chi connectivity index (χ1) is 11.0. The van der Waals surface area contributed by atoms with Crippen LogP contribution >= 0.6 is 11.6 Å². The van der Waals surface area contributed by atoms with Gasteiger partial charge in [0.1, 0.15) is 11.6 Å². The standard InChI is InChI=1S/C16H10ClN3O3/c17-13-4-6-14(7-5-13)19-16(21)12(10-18)8-11-2-1-3-15(9-11)20(22)23/h1-9H,(H,19,21). The summed E-state index contributed by atoms with van der Waals surface area (Å²) < 4.78 is 0. The third-order valence-electron chi connectivity index (χ3n) is 2.86. The lowest BCUT2D eigenvalue weighted by Gasteiger charge is -2.04. The maximum Gasteiger partial charge on any atom is 0.270 e. The molecule has 0 atom stereocenters. The summed E-state index contributed by atoms with van der Waals surface area (Å²) in [5, 5.41) is 22.9. The molecule has 0 aliphatic carbocycles. The maximum absolute atomic E-state index is 12.1. The van der Waals surface area contributed by atoms with E-state index in [0.717, 1.165) is 0 Å². The van der Waals surface area contributed by atoms with Crippen molar-refractivity contribution < 1.29 is 9.72 Å². The highest BCUT2D eigenvalue weighted by atomic mass is 35.5. The molecule has 0 aromatic heterocycles. The molecule has 7 heteroatoms. The quantitative estimate of drug-likeness (QED) is 0.400. The monoisotopic (exact) mass is 327 g/mol. The van der Waals surface area contributed by atoms with Crippen LogP contribution in [0, 0.1) is 21.4 Å². The van der Waals surface area contributed by atoms with E-state index in [0.29, 0.717) is 16.3 Å². The Kier molecular flexibility index (Phi) is 5.07. The number of nitro benzene ring substituents is 1. The molecule has 2 rings (SSSR count). The van der Waals surface area contributed by atoms with Crippen LogP contribution in [0.15, 0.2) is 54.1 Å². The molecule has 0 radical (unpaired) electrons. The Labute approximate surface area is 136 Å². The van der Waals surface area contributed by atoms with Crippen molar-refractivity contribution in [3.05, 3.63) is 74.8 Å². The third kappa shape index (κ3) is 4.40. The molecule has 0 fully saturated rings. The number of carbonyl (C=O) groups is 1. The number of anilines is 1. The lowest BCUT2D eigenvalue weighted by Crippen LogP contribution is -2.13. The zero-order chi connectivity index (χ0) is 16.8. The smallest absolute Gasteiger partial charge is 0.270 e. The number of hydrogen-bond donors (Lipinski definition) is 1. The molecular formula is C16H10ClN3O3. The number of halogens is 1. The molecule has 0 saturated carbocycles. The number of non-ortho nitro benzene ring substituents is 1. The Morgan fingerprint density at radius 2 is 1.96 bits per heavy atom. The minimum absolute atomic E-state index is 0.117. The van der Waals surface area contributed by atoms with Gasteiger partial charge in [-0.3, -0.25) is 14.9 Å². The summed E-state index contributed by atoms with van der Waals surface area (Å²) in [5.74, 6) is -0.610. The Balaban J connectivity index is 2.23. The minimum atomic E-state index is -0.610. The highest BCUT2D eigenvalue weighted by Crippen LogP contribution is 2.17. The van der Waals surface area contributed by atoms with Crippen molar-refractivity contribution in [2.45, 2.75) is 0 Å². The molecule has 0 saturated heterocycles. The van der Waals surface area contributed by atoms with Crippen molar-refractivity contribution in [3.63, 3.8) is 0 Å². The first kappa shape index (κ1) is 16.2. The Bertz CT molecular complexity index is 823. The van der Waals surface area contributed by atoms with E-state index < -0.39 is 10.8 Å². The van der Waals surface area contributed by atoms with E-state index in [9.17, 15) is 14.9 Å². The molecule has 23 heavy (non-hydrogen) atoms. The van der Waals surface area contributed by atoms with Gasteiger partial charge in [0.25, 0.3) is 11.6 Å². The molecular weight excluding hydrogens is 318 g/mol. The van der Waals surface area contributed by atoms with E-state index in [1.54, 1.807) is 36.4 Å². The van der Waals surface area contributed by atoms with Gasteiger partial charge < -0.3 is 5.32 Å². The van der Waals surface area contributed by atoms with Crippen LogP contribution in [0.1, 0.15) is 5.56 Å². The topological polar surface area (TPSA) is 96.0 Å². The predicted octanol–water partition coefficient (Wildman–Crippen LogP) is 3.79. The van der Waals surface area contributed by atoms with Gasteiger partial charge in [0.2, 0.25) is 0 Å². The lowest BCUT2D eigenvalue weighted by atomic mass is 10.1. The molecule has 0 aliphatic heterocycles. The summed E-state index contributed by atoms with van der Waals surface area (Å²) in [6.07, 6.45) is 1.29. The number of nitrogens with zero attached hydrogens (tertiary/aromatic N) is 2. The normalized spacial score (nSPS) is 10.7. The molecule has 1 amide bonds. The first-order valence-electron chi connectivity index (χ1n) is 6.43. The van der Waals surface area contributed by atoms with E-state index in [1.807, 2.05) is 0 Å². The van der Waals surface area contributed by atoms with Crippen molar-refractivity contribution in [2.75, 3.05) is 5.32 Å². The van der Waals surface area contributed by atoms with Crippen LogP contribution in [0.5, 0.6) is 0 Å². The summed E-state index contributed by atoms with van der Waals surface area (Å²) in [6, 6.07) is 13.9. The SMILES string of the molecule is N#CC(=Cc1cccc([N+](=O)[O-])c1)C(=O)Nc1ccc(Cl)cc1. The summed E-state index contributed by atoms with van der Waals surface area (Å²) in [6.45, 7) is 0. The third-order valence-corrected chi connectivity index (χ3v) is 3.11. The van der Waals surface area contributed by atoms with E-state index >= 15 is 0 Å². The zero-order valence-electron chi connectivity index (χ0n) is 11.7. The van der Waals surface area contributed by atoms with Crippen molar-refractivity contribution in [1.29, 1.82) is 5.26 Å². The minimum Gasteiger partial charge on any atom is -0.321 e. The Morgan fingerprint density at radius 3 is 2.57 bits per heavy atom. The number of hydrogen-bond acceptors (Lipinski definition) is 4. The first-order valence-corrected chi connectivity index (χ1v) is 6.80. The lowest BCUT2D eigenvalue weighted by molar-refractivity contribution is -0.384. The number of benzene rings is 2. The summed E-state index contributed by atoms with van der Waals surface area (Å²) in [4.78, 5) is 22.3. The fourth-order valence-electron chi connectivity index (χ4n) is 1.78. The molecule has 2 aromatic carbocycles. The summed E-state index contributed by atoms with van der Waals surface area (Å²) >= 11 is 5.75. The number of nitriles is 1. The molecule has 2 aromatic rings. The number of amides is 1. The van der Waals surface area contributed by atoms with Gasteiger partial charge in [-0.15, -0.1) is 0 Å². The number of nitrogens with one attached hydrogen (secondary N) is 1. The van der Waals surface area contributed by atoms with Crippen LogP contribution in [0.2, 0.25) is 5.02 Å². The van der Waals surface area contributed by atoms with Crippen LogP contribution in [-0.2, 0) is 4.79 Å². The van der Waals surface area contributed by atoms with E-state index in [2.05, 4.69) is 5.32 Å². The molecule has 0 heterocycles. The van der Waals surface area contributed by atoms with E-state index in [4.69, 9.17) is 16.9 Å². The average molecular weight is 328 g/mol. The fourth-order valence-corrected chi connectivity index (χ4v) is 1.90. The zero-order valence-corrected chi connectivity index (χ0v) is 12.4. The van der Waals surface area contributed by atoms with Gasteiger partial charge in [0, 0.05) is 22.8 Å². The van der Waals surface area contributed by atoms with Gasteiger partial charge >= 0.3 is 0 Å². The van der Waals surface area contributed by atoms with E-state index in [1.165, 1.54) is 24.3 Å². The molecule has 0 unspecified atom stereocenters. The second-order valence-electron chi connectivity index (χ2n) is 4.48. The van der Waals surface area contributed by atoms with Crippen molar-refractivity contribution >= 4 is 35.0 Å². The molecule has 6 nitrogen and oxygen atoms in total. The second-order valence-corrected chi connectivity index (χ2v) is 4.92. The molecule has 1 N–H and O–H groups in total. The number of carbonyl (C=O) groups excluding carboxylic acids is 1. The largest absolute Gasteiger partial charge is 0.321 e. The highest BCUT2D eigenvalue weighted by molar-refractivity contribution is 6.30. The van der Waals surface area contributed by atoms with Crippen molar-refractivity contribution in [3.8, 4) is 6.07 Å². The van der Waals surface area contributed by atoms with Crippen LogP contribution in [0.4, 0.5) is 11.4 Å². The van der Waals surface area contributed by atoms with Gasteiger partial charge in [-0.2, -0.15) is 5.26 Å². The van der Waals surface area contributed by atoms with Crippen LogP contribution in [-0.4, -0.2) is 10.8 Å². The van der Waals surface area contributed by atoms with Gasteiger partial charge in [0.15, 0.2) is 0 Å². The van der Waals surface area contributed by atoms with Crippen LogP contribution in [0.25, 0.3) is 6.08 Å². The summed E-state index contributed by atoms with van der Waals surface area (Å²) in [7, 11) is 0. The van der Waals surface area contributed by atoms with Gasteiger partial charge in [0.05, 0.1) is 4.92 Å². The Hall–Kier alpha value is -3.17. The van der Waals surface area contributed by atoms with Gasteiger partial charge in [-0.25, -0.2) is 0 Å². The Morgan fingerprint density at radius 1 is 1.26 bits per heavy atom. The second kappa shape index (κ2) is 7.20. The molecule has 0 aliphatic rings. The average Bonchev–Trinajstić information content (AvgIpc) is 2.55. The molecule has 114 valence electrons. The highest BCUT2D eigenvalue weighted by Gasteiger charge is 2.11. The van der Waals surface area contributed by atoms with Crippen LogP contribution in [0.3, 0.4) is 0 Å². The van der Waals surface area contributed by atoms with E-state index in [-0.39, 0.29) is 11.3 Å². The molecule has 0 spiro atoms. The number of rotatable bonds is 4.